The summed E-state index contributed by atoms with van der Waals surface area (Å²) < 4.78 is 0. The Morgan fingerprint density at radius 1 is 1.33 bits per heavy atom. The van der Waals surface area contributed by atoms with Gasteiger partial charge in [0.25, 0.3) is 5.91 Å². The second-order valence-corrected chi connectivity index (χ2v) is 7.15. The van der Waals surface area contributed by atoms with Gasteiger partial charge in [-0.3, -0.25) is 14.4 Å². The zero-order chi connectivity index (χ0) is 17.1. The SMILES string of the molecule is O=C(O)CC[C@H]1CCCCN1C(=O)c1ccc2c(c1)NC(=O)CS2. The van der Waals surface area contributed by atoms with E-state index in [0.717, 1.165) is 24.2 Å². The molecule has 1 fully saturated rings. The lowest BCUT2D eigenvalue weighted by molar-refractivity contribution is -0.137. The average molecular weight is 348 g/mol. The molecule has 0 bridgehead atoms. The fourth-order valence-electron chi connectivity index (χ4n) is 3.24. The number of hydrogen-bond donors (Lipinski definition) is 2. The minimum absolute atomic E-state index is 0.0256. The minimum atomic E-state index is -0.832. The molecule has 7 heteroatoms. The zero-order valence-corrected chi connectivity index (χ0v) is 14.1. The van der Waals surface area contributed by atoms with Crippen molar-refractivity contribution in [3.8, 4) is 0 Å². The highest BCUT2D eigenvalue weighted by Crippen LogP contribution is 2.33. The third kappa shape index (κ3) is 3.72. The predicted octanol–water partition coefficient (Wildman–Crippen LogP) is 2.59. The van der Waals surface area contributed by atoms with Crippen LogP contribution in [0.25, 0.3) is 0 Å². The smallest absolute Gasteiger partial charge is 0.303 e. The van der Waals surface area contributed by atoms with Crippen LogP contribution in [0.4, 0.5) is 5.69 Å². The Hall–Kier alpha value is -2.02. The van der Waals surface area contributed by atoms with Gasteiger partial charge in [-0.1, -0.05) is 0 Å². The number of likely N-dealkylation sites (tertiary alicyclic amines) is 1. The summed E-state index contributed by atoms with van der Waals surface area (Å²) in [4.78, 5) is 38.0. The van der Waals surface area contributed by atoms with E-state index in [1.807, 2.05) is 6.07 Å². The molecule has 0 aliphatic carbocycles. The van der Waals surface area contributed by atoms with Crippen molar-refractivity contribution in [1.82, 2.24) is 4.90 Å². The van der Waals surface area contributed by atoms with Crippen LogP contribution >= 0.6 is 11.8 Å². The maximum absolute atomic E-state index is 12.9. The number of piperidine rings is 1. The quantitative estimate of drug-likeness (QED) is 0.873. The van der Waals surface area contributed by atoms with E-state index in [2.05, 4.69) is 5.32 Å². The van der Waals surface area contributed by atoms with E-state index in [9.17, 15) is 14.4 Å². The number of benzene rings is 1. The highest BCUT2D eigenvalue weighted by molar-refractivity contribution is 8.00. The van der Waals surface area contributed by atoms with Gasteiger partial charge in [0, 0.05) is 29.5 Å². The van der Waals surface area contributed by atoms with Crippen molar-refractivity contribution in [2.45, 2.75) is 43.0 Å². The first-order valence-electron chi connectivity index (χ1n) is 8.14. The van der Waals surface area contributed by atoms with Gasteiger partial charge in [-0.2, -0.15) is 0 Å². The fourth-order valence-corrected chi connectivity index (χ4v) is 4.03. The van der Waals surface area contributed by atoms with E-state index in [-0.39, 0.29) is 24.3 Å². The first-order chi connectivity index (χ1) is 11.5. The van der Waals surface area contributed by atoms with E-state index < -0.39 is 5.97 Å². The van der Waals surface area contributed by atoms with Gasteiger partial charge in [0.15, 0.2) is 0 Å². The monoisotopic (exact) mass is 348 g/mol. The zero-order valence-electron chi connectivity index (χ0n) is 13.3. The standard InChI is InChI=1S/C17H20N2O4S/c20-15-10-24-14-6-4-11(9-13(14)18-15)17(23)19-8-2-1-3-12(19)5-7-16(21)22/h4,6,9,12H,1-3,5,7-8,10H2,(H,18,20)(H,21,22)/t12-/m1/s1. The molecule has 0 radical (unpaired) electrons. The van der Waals surface area contributed by atoms with Crippen LogP contribution < -0.4 is 5.32 Å². The first kappa shape index (κ1) is 16.8. The van der Waals surface area contributed by atoms with Crippen molar-refractivity contribution in [1.29, 1.82) is 0 Å². The number of nitrogens with zero attached hydrogens (tertiary/aromatic N) is 1. The number of rotatable bonds is 4. The van der Waals surface area contributed by atoms with Crippen LogP contribution in [0.5, 0.6) is 0 Å². The number of hydrogen-bond acceptors (Lipinski definition) is 4. The summed E-state index contributed by atoms with van der Waals surface area (Å²) in [6.07, 6.45) is 3.36. The van der Waals surface area contributed by atoms with Gasteiger partial charge < -0.3 is 15.3 Å². The molecule has 1 atom stereocenters. The number of carbonyl (C=O) groups excluding carboxylic acids is 2. The molecule has 1 aromatic carbocycles. The van der Waals surface area contributed by atoms with Crippen molar-refractivity contribution < 1.29 is 19.5 Å². The maximum atomic E-state index is 12.9. The summed E-state index contributed by atoms with van der Waals surface area (Å²) in [5.41, 5.74) is 1.22. The largest absolute Gasteiger partial charge is 0.481 e. The number of carboxylic acids is 1. The molecule has 1 aromatic rings. The fraction of sp³-hybridized carbons (Fsp3) is 0.471. The molecule has 0 spiro atoms. The second kappa shape index (κ2) is 7.25. The van der Waals surface area contributed by atoms with E-state index in [4.69, 9.17) is 5.11 Å². The number of carboxylic acid groups (broad SMARTS) is 1. The molecule has 0 unspecified atom stereocenters. The Morgan fingerprint density at radius 3 is 2.96 bits per heavy atom. The second-order valence-electron chi connectivity index (χ2n) is 6.13. The third-order valence-electron chi connectivity index (χ3n) is 4.44. The molecule has 2 aliphatic rings. The van der Waals surface area contributed by atoms with Crippen LogP contribution in [-0.4, -0.2) is 46.1 Å². The minimum Gasteiger partial charge on any atom is -0.481 e. The normalized spacial score (nSPS) is 20.2. The molecule has 24 heavy (non-hydrogen) atoms. The summed E-state index contributed by atoms with van der Waals surface area (Å²) >= 11 is 1.46. The Kier molecular flexibility index (Phi) is 5.08. The van der Waals surface area contributed by atoms with Gasteiger partial charge in [0.05, 0.1) is 11.4 Å². The molecule has 6 nitrogen and oxygen atoms in total. The van der Waals surface area contributed by atoms with Crippen LogP contribution in [-0.2, 0) is 9.59 Å². The summed E-state index contributed by atoms with van der Waals surface area (Å²) in [5, 5.41) is 11.7. The Labute approximate surface area is 144 Å². The van der Waals surface area contributed by atoms with Crippen molar-refractivity contribution >= 4 is 35.2 Å². The van der Waals surface area contributed by atoms with Gasteiger partial charge in [-0.15, -0.1) is 11.8 Å². The Balaban J connectivity index is 1.77. The lowest BCUT2D eigenvalue weighted by Gasteiger charge is -2.36. The lowest BCUT2D eigenvalue weighted by atomic mass is 9.97. The topological polar surface area (TPSA) is 86.7 Å². The Morgan fingerprint density at radius 2 is 2.17 bits per heavy atom. The highest BCUT2D eigenvalue weighted by atomic mass is 32.2. The molecule has 0 aromatic heterocycles. The summed E-state index contributed by atoms with van der Waals surface area (Å²) in [6, 6.07) is 5.35. The summed E-state index contributed by atoms with van der Waals surface area (Å²) in [6.45, 7) is 0.654. The van der Waals surface area contributed by atoms with Crippen LogP contribution in [0.1, 0.15) is 42.5 Å². The molecule has 2 N–H and O–H groups in total. The number of thioether (sulfide) groups is 1. The molecule has 0 saturated carbocycles. The Bertz CT molecular complexity index is 677. The van der Waals surface area contributed by atoms with E-state index in [0.29, 0.717) is 30.0 Å². The molecule has 3 rings (SSSR count). The molecule has 2 amide bonds. The number of amides is 2. The van der Waals surface area contributed by atoms with Gasteiger partial charge in [-0.05, 0) is 43.9 Å². The van der Waals surface area contributed by atoms with Gasteiger partial charge in [0.2, 0.25) is 5.91 Å². The number of anilines is 1. The van der Waals surface area contributed by atoms with Crippen LogP contribution in [0.2, 0.25) is 0 Å². The van der Waals surface area contributed by atoms with E-state index >= 15 is 0 Å². The summed E-state index contributed by atoms with van der Waals surface area (Å²) in [7, 11) is 0. The van der Waals surface area contributed by atoms with Crippen molar-refractivity contribution in [3.63, 3.8) is 0 Å². The lowest BCUT2D eigenvalue weighted by Crippen LogP contribution is -2.44. The average Bonchev–Trinajstić information content (AvgIpc) is 2.59. The van der Waals surface area contributed by atoms with Crippen LogP contribution in [0.15, 0.2) is 23.1 Å². The van der Waals surface area contributed by atoms with Crippen molar-refractivity contribution in [2.75, 3.05) is 17.6 Å². The van der Waals surface area contributed by atoms with Crippen molar-refractivity contribution in [3.05, 3.63) is 23.8 Å². The van der Waals surface area contributed by atoms with Gasteiger partial charge >= 0.3 is 5.97 Å². The number of nitrogens with one attached hydrogen (secondary N) is 1. The van der Waals surface area contributed by atoms with Crippen molar-refractivity contribution in [2.24, 2.45) is 0 Å². The number of aliphatic carboxylic acids is 1. The van der Waals surface area contributed by atoms with E-state index in [1.165, 1.54) is 11.8 Å². The predicted molar refractivity (Wildman–Crippen MR) is 91.3 cm³/mol. The van der Waals surface area contributed by atoms with Gasteiger partial charge in [0.1, 0.15) is 0 Å². The molecule has 1 saturated heterocycles. The summed E-state index contributed by atoms with van der Waals surface area (Å²) in [5.74, 6) is -0.586. The molecule has 2 aliphatic heterocycles. The maximum Gasteiger partial charge on any atom is 0.303 e. The molecular formula is C17H20N2O4S. The number of fused-ring (bicyclic) bond motifs is 1. The van der Waals surface area contributed by atoms with Gasteiger partial charge in [-0.25, -0.2) is 0 Å². The first-order valence-corrected chi connectivity index (χ1v) is 9.12. The molecule has 2 heterocycles. The highest BCUT2D eigenvalue weighted by Gasteiger charge is 2.28. The molecular weight excluding hydrogens is 328 g/mol. The van der Waals surface area contributed by atoms with E-state index in [1.54, 1.807) is 17.0 Å². The third-order valence-corrected chi connectivity index (χ3v) is 5.51. The van der Waals surface area contributed by atoms with Crippen LogP contribution in [0.3, 0.4) is 0 Å². The number of carbonyl (C=O) groups is 3. The molecule has 128 valence electrons. The van der Waals surface area contributed by atoms with Crippen LogP contribution in [0, 0.1) is 0 Å².